The van der Waals surface area contributed by atoms with Gasteiger partial charge in [-0.05, 0) is 38.1 Å². The van der Waals surface area contributed by atoms with Gasteiger partial charge in [-0.15, -0.1) is 0 Å². The molecule has 3 amide bonds. The molecule has 20 heavy (non-hydrogen) atoms. The molecule has 0 saturated heterocycles. The topological polar surface area (TPSA) is 122 Å². The molecule has 0 fully saturated rings. The second-order valence-corrected chi connectivity index (χ2v) is 4.46. The molecule has 0 aliphatic carbocycles. The average molecular weight is 279 g/mol. The molecule has 2 unspecified atom stereocenters. The molecular formula is C13H17N3O4. The Kier molecular flexibility index (Phi) is 5.08. The van der Waals surface area contributed by atoms with Gasteiger partial charge in [-0.25, -0.2) is 4.79 Å². The predicted octanol–water partition coefficient (Wildman–Crippen LogP) is 1.02. The van der Waals surface area contributed by atoms with Crippen molar-refractivity contribution < 1.29 is 19.5 Å². The number of carbonyl (C=O) groups is 3. The average Bonchev–Trinajstić information content (AvgIpc) is 2.37. The smallest absolute Gasteiger partial charge is 0.316 e. The molecule has 1 aromatic carbocycles. The van der Waals surface area contributed by atoms with Gasteiger partial charge in [0.05, 0.1) is 5.92 Å². The molecule has 7 nitrogen and oxygen atoms in total. The number of aliphatic carboxylic acids is 1. The van der Waals surface area contributed by atoms with Gasteiger partial charge in [0, 0.05) is 17.3 Å². The first-order valence-electron chi connectivity index (χ1n) is 6.01. The lowest BCUT2D eigenvalue weighted by Gasteiger charge is -2.17. The lowest BCUT2D eigenvalue weighted by Crippen LogP contribution is -2.40. The molecule has 1 rings (SSSR count). The second kappa shape index (κ2) is 6.55. The van der Waals surface area contributed by atoms with Crippen molar-refractivity contribution in [3.8, 4) is 0 Å². The van der Waals surface area contributed by atoms with Crippen LogP contribution in [0.15, 0.2) is 24.3 Å². The molecule has 108 valence electrons. The van der Waals surface area contributed by atoms with Crippen molar-refractivity contribution in [2.75, 3.05) is 5.32 Å². The lowest BCUT2D eigenvalue weighted by molar-refractivity contribution is -0.141. The van der Waals surface area contributed by atoms with E-state index in [2.05, 4.69) is 10.6 Å². The van der Waals surface area contributed by atoms with Crippen molar-refractivity contribution >= 4 is 23.6 Å². The van der Waals surface area contributed by atoms with E-state index in [1.165, 1.54) is 31.2 Å². The number of hydrogen-bond acceptors (Lipinski definition) is 3. The van der Waals surface area contributed by atoms with Crippen molar-refractivity contribution in [3.63, 3.8) is 0 Å². The van der Waals surface area contributed by atoms with Crippen LogP contribution in [-0.4, -0.2) is 29.1 Å². The Bertz CT molecular complexity index is 513. The zero-order chi connectivity index (χ0) is 15.3. The lowest BCUT2D eigenvalue weighted by atomic mass is 10.0. The third-order valence-electron chi connectivity index (χ3n) is 2.91. The Balaban J connectivity index is 2.68. The van der Waals surface area contributed by atoms with Crippen LogP contribution in [-0.2, 0) is 4.79 Å². The van der Waals surface area contributed by atoms with Crippen molar-refractivity contribution in [2.24, 2.45) is 11.7 Å². The molecule has 0 heterocycles. The van der Waals surface area contributed by atoms with Gasteiger partial charge < -0.3 is 21.5 Å². The zero-order valence-electron chi connectivity index (χ0n) is 11.2. The summed E-state index contributed by atoms with van der Waals surface area (Å²) in [7, 11) is 0. The largest absolute Gasteiger partial charge is 0.481 e. The normalized spacial score (nSPS) is 13.1. The number of urea groups is 1. The van der Waals surface area contributed by atoms with Crippen LogP contribution in [0.3, 0.4) is 0 Å². The van der Waals surface area contributed by atoms with E-state index in [1.54, 1.807) is 6.92 Å². The molecule has 2 atom stereocenters. The summed E-state index contributed by atoms with van der Waals surface area (Å²) in [6.07, 6.45) is 0. The number of primary amides is 1. The molecule has 0 aromatic heterocycles. The molecule has 0 radical (unpaired) electrons. The maximum atomic E-state index is 11.9. The predicted molar refractivity (Wildman–Crippen MR) is 73.4 cm³/mol. The van der Waals surface area contributed by atoms with Crippen LogP contribution in [0.1, 0.15) is 24.2 Å². The van der Waals surface area contributed by atoms with Crippen molar-refractivity contribution in [1.29, 1.82) is 0 Å². The number of nitrogens with one attached hydrogen (secondary N) is 2. The SMILES string of the molecule is CC(NC(=O)c1ccc(NC(N)=O)cc1)C(C)C(=O)O. The van der Waals surface area contributed by atoms with Gasteiger partial charge >= 0.3 is 12.0 Å². The number of carboxylic acid groups (broad SMARTS) is 1. The zero-order valence-corrected chi connectivity index (χ0v) is 11.2. The first kappa shape index (κ1) is 15.5. The van der Waals surface area contributed by atoms with Crippen LogP contribution in [0.4, 0.5) is 10.5 Å². The second-order valence-electron chi connectivity index (χ2n) is 4.46. The van der Waals surface area contributed by atoms with E-state index in [9.17, 15) is 14.4 Å². The van der Waals surface area contributed by atoms with Gasteiger partial charge in [-0.2, -0.15) is 0 Å². The van der Waals surface area contributed by atoms with Crippen molar-refractivity contribution in [1.82, 2.24) is 5.32 Å². The molecule has 0 aliphatic rings. The van der Waals surface area contributed by atoms with E-state index in [4.69, 9.17) is 10.8 Å². The van der Waals surface area contributed by atoms with E-state index in [-0.39, 0.29) is 5.91 Å². The Morgan fingerprint density at radius 1 is 1.15 bits per heavy atom. The van der Waals surface area contributed by atoms with Crippen molar-refractivity contribution in [3.05, 3.63) is 29.8 Å². The fourth-order valence-electron chi connectivity index (χ4n) is 1.48. The minimum atomic E-state index is -0.973. The third-order valence-corrected chi connectivity index (χ3v) is 2.91. The fourth-order valence-corrected chi connectivity index (χ4v) is 1.48. The van der Waals surface area contributed by atoms with E-state index in [0.29, 0.717) is 11.3 Å². The van der Waals surface area contributed by atoms with Gasteiger partial charge in [0.15, 0.2) is 0 Å². The van der Waals surface area contributed by atoms with Crippen LogP contribution in [0.5, 0.6) is 0 Å². The molecule has 7 heteroatoms. The number of nitrogens with two attached hydrogens (primary N) is 1. The number of amides is 3. The Hall–Kier alpha value is -2.57. The number of rotatable bonds is 5. The van der Waals surface area contributed by atoms with Gasteiger partial charge in [0.2, 0.25) is 0 Å². The molecule has 5 N–H and O–H groups in total. The van der Waals surface area contributed by atoms with Crippen molar-refractivity contribution in [2.45, 2.75) is 19.9 Å². The van der Waals surface area contributed by atoms with Crippen LogP contribution >= 0.6 is 0 Å². The Morgan fingerprint density at radius 3 is 2.15 bits per heavy atom. The van der Waals surface area contributed by atoms with Gasteiger partial charge in [-0.1, -0.05) is 0 Å². The summed E-state index contributed by atoms with van der Waals surface area (Å²) in [6, 6.07) is 4.91. The first-order valence-corrected chi connectivity index (χ1v) is 6.01. The molecular weight excluding hydrogens is 262 g/mol. The molecule has 0 saturated carbocycles. The van der Waals surface area contributed by atoms with Gasteiger partial charge in [-0.3, -0.25) is 9.59 Å². The van der Waals surface area contributed by atoms with Crippen LogP contribution < -0.4 is 16.4 Å². The quantitative estimate of drug-likeness (QED) is 0.642. The van der Waals surface area contributed by atoms with Crippen LogP contribution in [0.25, 0.3) is 0 Å². The summed E-state index contributed by atoms with van der Waals surface area (Å²) in [6.45, 7) is 3.15. The van der Waals surface area contributed by atoms with E-state index in [1.807, 2.05) is 0 Å². The van der Waals surface area contributed by atoms with Gasteiger partial charge in [0.1, 0.15) is 0 Å². The fraction of sp³-hybridized carbons (Fsp3) is 0.308. The van der Waals surface area contributed by atoms with E-state index in [0.717, 1.165) is 0 Å². The Labute approximate surface area is 116 Å². The standard InChI is InChI=1S/C13H17N3O4/c1-7(12(18)19)8(2)15-11(17)9-3-5-10(6-4-9)16-13(14)20/h3-8H,1-2H3,(H,15,17)(H,18,19)(H3,14,16,20). The number of carboxylic acids is 1. The summed E-state index contributed by atoms with van der Waals surface area (Å²) >= 11 is 0. The highest BCUT2D eigenvalue weighted by molar-refractivity contribution is 5.95. The van der Waals surface area contributed by atoms with E-state index >= 15 is 0 Å². The summed E-state index contributed by atoms with van der Waals surface area (Å²) < 4.78 is 0. The monoisotopic (exact) mass is 279 g/mol. The third kappa shape index (κ3) is 4.27. The Morgan fingerprint density at radius 2 is 1.70 bits per heavy atom. The van der Waals surface area contributed by atoms with Crippen LogP contribution in [0.2, 0.25) is 0 Å². The molecule has 0 aliphatic heterocycles. The summed E-state index contributed by atoms with van der Waals surface area (Å²) in [4.78, 5) is 33.4. The number of benzene rings is 1. The highest BCUT2D eigenvalue weighted by Gasteiger charge is 2.21. The number of carbonyl (C=O) groups excluding carboxylic acids is 2. The van der Waals surface area contributed by atoms with Gasteiger partial charge in [0.25, 0.3) is 5.91 Å². The van der Waals surface area contributed by atoms with E-state index < -0.39 is 24.0 Å². The van der Waals surface area contributed by atoms with Crippen LogP contribution in [0, 0.1) is 5.92 Å². The first-order chi connectivity index (χ1) is 9.31. The maximum absolute atomic E-state index is 11.9. The summed E-state index contributed by atoms with van der Waals surface area (Å²) in [5, 5.41) is 13.8. The minimum absolute atomic E-state index is 0.365. The highest BCUT2D eigenvalue weighted by atomic mass is 16.4. The number of hydrogen-bond donors (Lipinski definition) is 4. The molecule has 1 aromatic rings. The summed E-state index contributed by atoms with van der Waals surface area (Å²) in [5.41, 5.74) is 5.80. The highest BCUT2D eigenvalue weighted by Crippen LogP contribution is 2.10. The molecule has 0 bridgehead atoms. The maximum Gasteiger partial charge on any atom is 0.316 e. The minimum Gasteiger partial charge on any atom is -0.481 e. The number of anilines is 1. The molecule has 0 spiro atoms. The summed E-state index contributed by atoms with van der Waals surface area (Å²) in [5.74, 6) is -2.04.